The zero-order chi connectivity index (χ0) is 9.97. The molecule has 2 aromatic heterocycles. The average Bonchev–Trinajstić information content (AvgIpc) is 2.76. The first kappa shape index (κ1) is 10.5. The molecule has 2 heterocycles. The number of rotatable bonds is 3. The van der Waals surface area contributed by atoms with E-state index in [0.717, 1.165) is 25.5 Å². The second kappa shape index (κ2) is 4.69. The van der Waals surface area contributed by atoms with Crippen LogP contribution in [0.5, 0.6) is 0 Å². The summed E-state index contributed by atoms with van der Waals surface area (Å²) in [5.41, 5.74) is 0. The van der Waals surface area contributed by atoms with E-state index in [1.165, 1.54) is 11.5 Å². The molecule has 0 N–H and O–H groups in total. The Bertz CT molecular complexity index is 425. The van der Waals surface area contributed by atoms with Crippen molar-refractivity contribution in [2.45, 2.75) is 22.0 Å². The fraction of sp³-hybridized carbons (Fsp3) is 0.286. The zero-order valence-corrected chi connectivity index (χ0v) is 11.3. The van der Waals surface area contributed by atoms with Crippen molar-refractivity contribution in [3.05, 3.63) is 15.8 Å². The van der Waals surface area contributed by atoms with E-state index in [1.807, 2.05) is 5.38 Å². The molecule has 2 aromatic rings. The smallest absolute Gasteiger partial charge is 0.177 e. The van der Waals surface area contributed by atoms with Gasteiger partial charge >= 0.3 is 0 Å². The number of hydrogen-bond acceptors (Lipinski definition) is 6. The Morgan fingerprint density at radius 3 is 2.86 bits per heavy atom. The first-order chi connectivity index (χ1) is 6.78. The highest BCUT2D eigenvalue weighted by Gasteiger charge is 2.07. The molecule has 0 saturated carbocycles. The van der Waals surface area contributed by atoms with Gasteiger partial charge in [-0.1, -0.05) is 6.92 Å². The Morgan fingerprint density at radius 2 is 2.29 bits per heavy atom. The van der Waals surface area contributed by atoms with E-state index in [-0.39, 0.29) is 0 Å². The van der Waals surface area contributed by atoms with Crippen LogP contribution in [0, 0.1) is 0 Å². The van der Waals surface area contributed by atoms with Gasteiger partial charge in [-0.2, -0.15) is 4.37 Å². The maximum Gasteiger partial charge on any atom is 0.177 e. The van der Waals surface area contributed by atoms with Crippen LogP contribution in [0.15, 0.2) is 18.7 Å². The minimum Gasteiger partial charge on any atom is -0.222 e. The van der Waals surface area contributed by atoms with Crippen molar-refractivity contribution >= 4 is 50.6 Å². The lowest BCUT2D eigenvalue weighted by Crippen LogP contribution is -1.80. The molecule has 0 atom stereocenters. The number of halogens is 1. The summed E-state index contributed by atoms with van der Waals surface area (Å²) in [5.74, 6) is 0.910. The SMILES string of the molecule is CCc1nsc(Sc2nc(Br)cs2)n1. The van der Waals surface area contributed by atoms with Crippen molar-refractivity contribution in [2.75, 3.05) is 0 Å². The molecule has 0 aliphatic carbocycles. The topological polar surface area (TPSA) is 38.7 Å². The summed E-state index contributed by atoms with van der Waals surface area (Å²) in [6.07, 6.45) is 0.888. The van der Waals surface area contributed by atoms with Gasteiger partial charge in [-0.05, 0) is 39.2 Å². The van der Waals surface area contributed by atoms with Crippen molar-refractivity contribution in [1.82, 2.24) is 14.3 Å². The summed E-state index contributed by atoms with van der Waals surface area (Å²) in [6, 6.07) is 0. The fourth-order valence-corrected chi connectivity index (χ4v) is 4.05. The average molecular weight is 308 g/mol. The highest BCUT2D eigenvalue weighted by molar-refractivity contribution is 9.10. The van der Waals surface area contributed by atoms with Crippen LogP contribution in [0.4, 0.5) is 0 Å². The van der Waals surface area contributed by atoms with Gasteiger partial charge < -0.3 is 0 Å². The van der Waals surface area contributed by atoms with Gasteiger partial charge in [0.1, 0.15) is 10.4 Å². The molecular weight excluding hydrogens is 302 g/mol. The lowest BCUT2D eigenvalue weighted by Gasteiger charge is -1.87. The minimum absolute atomic E-state index is 0.880. The van der Waals surface area contributed by atoms with Gasteiger partial charge in [0.05, 0.1) is 0 Å². The maximum atomic E-state index is 4.36. The van der Waals surface area contributed by atoms with Gasteiger partial charge in [-0.25, -0.2) is 9.97 Å². The lowest BCUT2D eigenvalue weighted by molar-refractivity contribution is 0.971. The van der Waals surface area contributed by atoms with E-state index in [9.17, 15) is 0 Å². The number of aryl methyl sites for hydroxylation is 1. The molecule has 0 bridgehead atoms. The van der Waals surface area contributed by atoms with E-state index in [1.54, 1.807) is 23.1 Å². The summed E-state index contributed by atoms with van der Waals surface area (Å²) in [7, 11) is 0. The number of thiazole rings is 1. The molecule has 2 rings (SSSR count). The third-order valence-corrected chi connectivity index (χ3v) is 4.83. The van der Waals surface area contributed by atoms with E-state index >= 15 is 0 Å². The van der Waals surface area contributed by atoms with E-state index in [0.29, 0.717) is 0 Å². The van der Waals surface area contributed by atoms with E-state index < -0.39 is 0 Å². The minimum atomic E-state index is 0.880. The highest BCUT2D eigenvalue weighted by Crippen LogP contribution is 2.32. The molecule has 74 valence electrons. The molecule has 0 aromatic carbocycles. The number of aromatic nitrogens is 3. The van der Waals surface area contributed by atoms with Crippen LogP contribution in [-0.4, -0.2) is 14.3 Å². The zero-order valence-electron chi connectivity index (χ0n) is 7.23. The summed E-state index contributed by atoms with van der Waals surface area (Å²) in [4.78, 5) is 8.63. The quantitative estimate of drug-likeness (QED) is 0.870. The summed E-state index contributed by atoms with van der Waals surface area (Å²) in [6.45, 7) is 2.05. The molecule has 0 saturated heterocycles. The van der Waals surface area contributed by atoms with Crippen LogP contribution >= 0.6 is 50.6 Å². The van der Waals surface area contributed by atoms with Gasteiger partial charge in [-0.3, -0.25) is 0 Å². The molecule has 0 unspecified atom stereocenters. The molecule has 0 radical (unpaired) electrons. The van der Waals surface area contributed by atoms with Crippen LogP contribution in [0.2, 0.25) is 0 Å². The largest absolute Gasteiger partial charge is 0.222 e. The second-order valence-electron chi connectivity index (χ2n) is 2.37. The normalized spacial score (nSPS) is 10.7. The predicted octanol–water partition coefficient (Wildman–Crippen LogP) is 3.47. The first-order valence-corrected chi connectivity index (χ1v) is 7.15. The predicted molar refractivity (Wildman–Crippen MR) is 63.2 cm³/mol. The van der Waals surface area contributed by atoms with Crippen LogP contribution in [0.25, 0.3) is 0 Å². The van der Waals surface area contributed by atoms with Gasteiger partial charge in [0.25, 0.3) is 0 Å². The van der Waals surface area contributed by atoms with Crippen LogP contribution in [0.3, 0.4) is 0 Å². The van der Waals surface area contributed by atoms with Crippen LogP contribution in [-0.2, 0) is 6.42 Å². The monoisotopic (exact) mass is 307 g/mol. The molecule has 0 spiro atoms. The third kappa shape index (κ3) is 2.53. The Kier molecular flexibility index (Phi) is 3.53. The lowest BCUT2D eigenvalue weighted by atomic mass is 10.5. The highest BCUT2D eigenvalue weighted by atomic mass is 79.9. The van der Waals surface area contributed by atoms with Gasteiger partial charge in [-0.15, -0.1) is 11.3 Å². The fourth-order valence-electron chi connectivity index (χ4n) is 0.784. The summed E-state index contributed by atoms with van der Waals surface area (Å²) in [5, 5.41) is 1.96. The molecule has 7 heteroatoms. The van der Waals surface area contributed by atoms with Gasteiger partial charge in [0.2, 0.25) is 0 Å². The van der Waals surface area contributed by atoms with Gasteiger partial charge in [0, 0.05) is 11.8 Å². The van der Waals surface area contributed by atoms with E-state index in [2.05, 4.69) is 37.2 Å². The Morgan fingerprint density at radius 1 is 1.43 bits per heavy atom. The van der Waals surface area contributed by atoms with Gasteiger partial charge in [0.15, 0.2) is 8.68 Å². The molecule has 0 aliphatic heterocycles. The third-order valence-electron chi connectivity index (χ3n) is 1.40. The number of nitrogens with zero attached hydrogens (tertiary/aromatic N) is 3. The second-order valence-corrected chi connectivity index (χ2v) is 6.29. The molecule has 3 nitrogen and oxygen atoms in total. The first-order valence-electron chi connectivity index (χ1n) is 3.89. The Balaban J connectivity index is 2.10. The molecule has 14 heavy (non-hydrogen) atoms. The number of hydrogen-bond donors (Lipinski definition) is 0. The van der Waals surface area contributed by atoms with Crippen molar-refractivity contribution < 1.29 is 0 Å². The Labute approximate surface area is 102 Å². The van der Waals surface area contributed by atoms with Crippen molar-refractivity contribution in [3.8, 4) is 0 Å². The molecule has 0 aliphatic rings. The molecule has 0 fully saturated rings. The van der Waals surface area contributed by atoms with Crippen molar-refractivity contribution in [2.24, 2.45) is 0 Å². The van der Waals surface area contributed by atoms with Crippen LogP contribution < -0.4 is 0 Å². The standard InChI is InChI=1S/C7H6BrN3S3/c1-2-5-10-7(14-11-5)13-6-9-4(8)3-12-6/h3H,2H2,1H3. The molecular formula is C7H6BrN3S3. The van der Waals surface area contributed by atoms with E-state index in [4.69, 9.17) is 0 Å². The van der Waals surface area contributed by atoms with Crippen molar-refractivity contribution in [1.29, 1.82) is 0 Å². The molecule has 0 amide bonds. The van der Waals surface area contributed by atoms with Crippen molar-refractivity contribution in [3.63, 3.8) is 0 Å². The summed E-state index contributed by atoms with van der Waals surface area (Å²) >= 11 is 7.92. The summed E-state index contributed by atoms with van der Waals surface area (Å²) < 4.78 is 7.05. The maximum absolute atomic E-state index is 4.36. The Hall–Kier alpha value is 0.0200. The van der Waals surface area contributed by atoms with Crippen LogP contribution in [0.1, 0.15) is 12.7 Å².